The topological polar surface area (TPSA) is 60.4 Å². The van der Waals surface area contributed by atoms with Crippen molar-refractivity contribution >= 4 is 29.2 Å². The van der Waals surface area contributed by atoms with E-state index < -0.39 is 0 Å². The first-order valence-corrected chi connectivity index (χ1v) is 6.34. The van der Waals surface area contributed by atoms with Crippen molar-refractivity contribution in [2.24, 2.45) is 0 Å². The Morgan fingerprint density at radius 2 is 1.95 bits per heavy atom. The fourth-order valence-corrected chi connectivity index (χ4v) is 3.11. The normalized spacial score (nSPS) is 12.9. The number of methoxy groups -OCH3 is 1. The van der Waals surface area contributed by atoms with Crippen molar-refractivity contribution in [3.8, 4) is 5.75 Å². The Kier molecular flexibility index (Phi) is 2.57. The van der Waals surface area contributed by atoms with Crippen LogP contribution in [0.3, 0.4) is 0 Å². The van der Waals surface area contributed by atoms with Crippen LogP contribution in [-0.2, 0) is 0 Å². The Balaban J connectivity index is 2.31. The highest BCUT2D eigenvalue weighted by molar-refractivity contribution is 7.16. The third-order valence-electron chi connectivity index (χ3n) is 3.04. The minimum Gasteiger partial charge on any atom is -0.496 e. The van der Waals surface area contributed by atoms with Crippen LogP contribution in [0, 0.1) is 0 Å². The standard InChI is InChI=1S/C14H8O4S/c1-18-10-4-2-3-8-11(10)13(17)14-9(12(8)16)5-7(6-15)19-14/h2-6H,1H3. The fraction of sp³-hybridized carbons (Fsp3) is 0.0714. The lowest BCUT2D eigenvalue weighted by atomic mass is 9.88. The van der Waals surface area contributed by atoms with E-state index >= 15 is 0 Å². The summed E-state index contributed by atoms with van der Waals surface area (Å²) >= 11 is 1.04. The minimum atomic E-state index is -0.264. The summed E-state index contributed by atoms with van der Waals surface area (Å²) in [6.07, 6.45) is 0.644. The van der Waals surface area contributed by atoms with Crippen LogP contribution < -0.4 is 4.74 Å². The predicted octanol–water partition coefficient (Wildman–Crippen LogP) is 2.34. The van der Waals surface area contributed by atoms with Gasteiger partial charge in [-0.05, 0) is 12.1 Å². The highest BCUT2D eigenvalue weighted by Crippen LogP contribution is 2.36. The molecule has 1 heterocycles. The van der Waals surface area contributed by atoms with Crippen LogP contribution in [0.1, 0.15) is 40.8 Å². The minimum absolute atomic E-state index is 0.243. The molecule has 0 amide bonds. The Morgan fingerprint density at radius 3 is 2.63 bits per heavy atom. The molecule has 0 spiro atoms. The molecule has 4 nitrogen and oxygen atoms in total. The van der Waals surface area contributed by atoms with Crippen LogP contribution in [0.4, 0.5) is 0 Å². The van der Waals surface area contributed by atoms with Gasteiger partial charge in [0.25, 0.3) is 0 Å². The second-order valence-electron chi connectivity index (χ2n) is 4.05. The van der Waals surface area contributed by atoms with E-state index in [1.807, 2.05) is 0 Å². The molecule has 0 bridgehead atoms. The quantitative estimate of drug-likeness (QED) is 0.672. The number of ether oxygens (including phenoxy) is 1. The summed E-state index contributed by atoms with van der Waals surface area (Å²) < 4.78 is 5.14. The molecule has 0 aliphatic heterocycles. The van der Waals surface area contributed by atoms with Gasteiger partial charge in [0.05, 0.1) is 22.4 Å². The number of fused-ring (bicyclic) bond motifs is 2. The maximum absolute atomic E-state index is 12.4. The maximum Gasteiger partial charge on any atom is 0.208 e. The monoisotopic (exact) mass is 272 g/mol. The zero-order valence-electron chi connectivity index (χ0n) is 9.93. The van der Waals surface area contributed by atoms with Crippen LogP contribution in [0.15, 0.2) is 24.3 Å². The van der Waals surface area contributed by atoms with E-state index in [0.29, 0.717) is 32.9 Å². The van der Waals surface area contributed by atoms with Crippen LogP contribution in [0.5, 0.6) is 5.75 Å². The van der Waals surface area contributed by atoms with Crippen LogP contribution in [0.25, 0.3) is 0 Å². The average Bonchev–Trinajstić information content (AvgIpc) is 2.88. The predicted molar refractivity (Wildman–Crippen MR) is 69.6 cm³/mol. The lowest BCUT2D eigenvalue weighted by Crippen LogP contribution is -2.19. The summed E-state index contributed by atoms with van der Waals surface area (Å²) in [6, 6.07) is 6.37. The summed E-state index contributed by atoms with van der Waals surface area (Å²) in [5, 5.41) is 0. The van der Waals surface area contributed by atoms with Crippen molar-refractivity contribution in [3.05, 3.63) is 50.7 Å². The molecule has 0 atom stereocenters. The molecule has 94 valence electrons. The van der Waals surface area contributed by atoms with E-state index in [9.17, 15) is 14.4 Å². The van der Waals surface area contributed by atoms with Gasteiger partial charge >= 0.3 is 0 Å². The van der Waals surface area contributed by atoms with Crippen molar-refractivity contribution in [2.75, 3.05) is 7.11 Å². The summed E-state index contributed by atoms with van der Waals surface area (Å²) in [5.41, 5.74) is 0.909. The molecule has 0 N–H and O–H groups in total. The summed E-state index contributed by atoms with van der Waals surface area (Å²) in [6.45, 7) is 0. The Labute approximate surface area is 112 Å². The molecule has 1 aliphatic carbocycles. The number of rotatable bonds is 2. The van der Waals surface area contributed by atoms with Gasteiger partial charge in [0.2, 0.25) is 5.78 Å². The first-order chi connectivity index (χ1) is 9.17. The van der Waals surface area contributed by atoms with E-state index in [1.165, 1.54) is 13.2 Å². The molecule has 1 aromatic heterocycles. The van der Waals surface area contributed by atoms with Crippen molar-refractivity contribution in [1.29, 1.82) is 0 Å². The van der Waals surface area contributed by atoms with Gasteiger partial charge in [0.15, 0.2) is 12.1 Å². The zero-order valence-corrected chi connectivity index (χ0v) is 10.7. The van der Waals surface area contributed by atoms with Crippen molar-refractivity contribution < 1.29 is 19.1 Å². The van der Waals surface area contributed by atoms with Crippen molar-refractivity contribution in [1.82, 2.24) is 0 Å². The van der Waals surface area contributed by atoms with Crippen LogP contribution in [-0.4, -0.2) is 25.0 Å². The Morgan fingerprint density at radius 1 is 1.16 bits per heavy atom. The number of carbonyl (C=O) groups is 3. The number of hydrogen-bond donors (Lipinski definition) is 0. The third-order valence-corrected chi connectivity index (χ3v) is 4.10. The highest BCUT2D eigenvalue weighted by Gasteiger charge is 2.34. The van der Waals surface area contributed by atoms with Crippen molar-refractivity contribution in [2.45, 2.75) is 0 Å². The van der Waals surface area contributed by atoms with Gasteiger partial charge in [-0.1, -0.05) is 12.1 Å². The summed E-state index contributed by atoms with van der Waals surface area (Å²) in [7, 11) is 1.45. The number of hydrogen-bond acceptors (Lipinski definition) is 5. The van der Waals surface area contributed by atoms with Gasteiger partial charge in [-0.2, -0.15) is 0 Å². The molecule has 0 saturated heterocycles. The summed E-state index contributed by atoms with van der Waals surface area (Å²) in [5.74, 6) is -0.129. The van der Waals surface area contributed by atoms with Crippen LogP contribution >= 0.6 is 11.3 Å². The molecule has 1 aliphatic rings. The molecular weight excluding hydrogens is 264 g/mol. The van der Waals surface area contributed by atoms with E-state index in [-0.39, 0.29) is 17.1 Å². The smallest absolute Gasteiger partial charge is 0.208 e. The molecule has 3 rings (SSSR count). The first-order valence-electron chi connectivity index (χ1n) is 5.52. The summed E-state index contributed by atoms with van der Waals surface area (Å²) in [4.78, 5) is 36.2. The lowest BCUT2D eigenvalue weighted by Gasteiger charge is -2.16. The lowest BCUT2D eigenvalue weighted by molar-refractivity contribution is 0.0980. The molecule has 5 heteroatoms. The SMILES string of the molecule is COc1cccc2c1C(=O)c1sc(C=O)cc1C2=O. The number of aldehydes is 1. The van der Waals surface area contributed by atoms with E-state index in [1.54, 1.807) is 18.2 Å². The molecule has 0 fully saturated rings. The first kappa shape index (κ1) is 11.8. The van der Waals surface area contributed by atoms with E-state index in [4.69, 9.17) is 4.74 Å². The number of thiophene rings is 1. The highest BCUT2D eigenvalue weighted by atomic mass is 32.1. The molecule has 2 aromatic rings. The van der Waals surface area contributed by atoms with E-state index in [2.05, 4.69) is 0 Å². The van der Waals surface area contributed by atoms with Gasteiger partial charge in [0.1, 0.15) is 5.75 Å². The number of benzene rings is 1. The van der Waals surface area contributed by atoms with E-state index in [0.717, 1.165) is 11.3 Å². The molecule has 0 radical (unpaired) electrons. The molecule has 1 aromatic carbocycles. The second kappa shape index (κ2) is 4.13. The number of carbonyl (C=O) groups excluding carboxylic acids is 3. The van der Waals surface area contributed by atoms with Gasteiger partial charge in [-0.3, -0.25) is 14.4 Å². The Bertz CT molecular complexity index is 727. The second-order valence-corrected chi connectivity index (χ2v) is 5.13. The largest absolute Gasteiger partial charge is 0.496 e. The van der Waals surface area contributed by atoms with Gasteiger partial charge in [-0.25, -0.2) is 0 Å². The third kappa shape index (κ3) is 1.55. The molecule has 19 heavy (non-hydrogen) atoms. The van der Waals surface area contributed by atoms with Crippen LogP contribution in [0.2, 0.25) is 0 Å². The fourth-order valence-electron chi connectivity index (χ4n) is 2.19. The molecule has 0 unspecified atom stereocenters. The molecular formula is C14H8O4S. The van der Waals surface area contributed by atoms with Gasteiger partial charge < -0.3 is 4.74 Å². The molecule has 0 saturated carbocycles. The average molecular weight is 272 g/mol. The Hall–Kier alpha value is -2.27. The number of ketones is 2. The maximum atomic E-state index is 12.4. The van der Waals surface area contributed by atoms with Gasteiger partial charge in [-0.15, -0.1) is 11.3 Å². The van der Waals surface area contributed by atoms with Crippen molar-refractivity contribution in [3.63, 3.8) is 0 Å². The zero-order chi connectivity index (χ0) is 13.6. The van der Waals surface area contributed by atoms with Gasteiger partial charge in [0, 0.05) is 11.1 Å².